The van der Waals surface area contributed by atoms with Crippen LogP contribution in [-0.2, 0) is 9.59 Å². The monoisotopic (exact) mass is 431 g/mol. The third kappa shape index (κ3) is 3.58. The lowest BCUT2D eigenvalue weighted by Gasteiger charge is -2.29. The molecule has 0 fully saturated rings. The van der Waals surface area contributed by atoms with Crippen LogP contribution in [0.3, 0.4) is 0 Å². The fourth-order valence-electron chi connectivity index (χ4n) is 3.92. The molecule has 6 heteroatoms. The Bertz CT molecular complexity index is 1180. The van der Waals surface area contributed by atoms with E-state index in [2.05, 4.69) is 0 Å². The average Bonchev–Trinajstić information content (AvgIpc) is 3.40. The lowest BCUT2D eigenvalue weighted by molar-refractivity contribution is -0.123. The van der Waals surface area contributed by atoms with Crippen molar-refractivity contribution in [3.8, 4) is 17.1 Å². The Morgan fingerprint density at radius 1 is 1.03 bits per heavy atom. The molecule has 6 nitrogen and oxygen atoms in total. The molecule has 1 aliphatic rings. The number of hydrogen-bond acceptors (Lipinski definition) is 5. The Hall–Kier alpha value is -3.80. The van der Waals surface area contributed by atoms with Crippen molar-refractivity contribution in [2.75, 3.05) is 12.0 Å². The molecule has 0 saturated carbocycles. The number of carbonyl (C=O) groups excluding carboxylic acids is 2. The largest absolute Gasteiger partial charge is 0.503 e. The molecule has 0 saturated heterocycles. The molecule has 1 atom stereocenters. The summed E-state index contributed by atoms with van der Waals surface area (Å²) in [7, 11) is 1.53. The van der Waals surface area contributed by atoms with Crippen molar-refractivity contribution in [3.05, 3.63) is 83.8 Å². The first kappa shape index (κ1) is 21.4. The number of furan rings is 1. The van der Waals surface area contributed by atoms with Gasteiger partial charge in [-0.1, -0.05) is 39.0 Å². The van der Waals surface area contributed by atoms with Gasteiger partial charge in [-0.2, -0.15) is 0 Å². The van der Waals surface area contributed by atoms with Crippen LogP contribution in [0.15, 0.2) is 82.7 Å². The van der Waals surface area contributed by atoms with Gasteiger partial charge in [-0.25, -0.2) is 0 Å². The van der Waals surface area contributed by atoms with E-state index in [9.17, 15) is 14.7 Å². The number of Topliss-reactive ketones (excluding diaryl/α,β-unsaturated/α-hetero) is 1. The molecule has 0 bridgehead atoms. The molecule has 0 aliphatic carbocycles. The number of anilines is 1. The lowest BCUT2D eigenvalue weighted by atomic mass is 9.82. The van der Waals surface area contributed by atoms with E-state index in [1.807, 2.05) is 30.3 Å². The van der Waals surface area contributed by atoms with Gasteiger partial charge in [0, 0.05) is 22.2 Å². The fraction of sp³-hybridized carbons (Fsp3) is 0.231. The first-order valence-electron chi connectivity index (χ1n) is 10.3. The van der Waals surface area contributed by atoms with E-state index in [1.54, 1.807) is 57.4 Å². The molecule has 2 aromatic carbocycles. The molecule has 1 N–H and O–H groups in total. The van der Waals surface area contributed by atoms with Gasteiger partial charge in [0.05, 0.1) is 25.0 Å². The third-order valence-electron chi connectivity index (χ3n) is 5.52. The van der Waals surface area contributed by atoms with Crippen molar-refractivity contribution >= 4 is 17.4 Å². The number of aliphatic hydroxyl groups excluding tert-OH is 1. The smallest absolute Gasteiger partial charge is 0.294 e. The van der Waals surface area contributed by atoms with Crippen LogP contribution in [0.2, 0.25) is 0 Å². The van der Waals surface area contributed by atoms with Gasteiger partial charge in [0.2, 0.25) is 0 Å². The topological polar surface area (TPSA) is 80.0 Å². The standard InChI is InChI=1S/C26H25NO5/c1-26(2,3)24(29)21-22(18-8-5-6-9-20(18)31-4)27(25(30)23(21)28)17-13-11-16(12-14-17)19-10-7-15-32-19/h5-15,22,28H,1-4H3. The molecule has 4 rings (SSSR count). The number of para-hydroxylation sites is 1. The highest BCUT2D eigenvalue weighted by molar-refractivity contribution is 6.17. The number of nitrogens with zero attached hydrogens (tertiary/aromatic N) is 1. The van der Waals surface area contributed by atoms with Crippen LogP contribution in [-0.4, -0.2) is 23.9 Å². The molecule has 1 aromatic heterocycles. The first-order chi connectivity index (χ1) is 15.2. The molecule has 32 heavy (non-hydrogen) atoms. The van der Waals surface area contributed by atoms with Crippen LogP contribution in [0.1, 0.15) is 32.4 Å². The lowest BCUT2D eigenvalue weighted by Crippen LogP contribution is -2.33. The summed E-state index contributed by atoms with van der Waals surface area (Å²) in [5, 5.41) is 10.8. The third-order valence-corrected chi connectivity index (χ3v) is 5.52. The Morgan fingerprint density at radius 2 is 1.72 bits per heavy atom. The summed E-state index contributed by atoms with van der Waals surface area (Å²) in [6, 6.07) is 17.3. The molecule has 1 aliphatic heterocycles. The molecular formula is C26H25NO5. The number of rotatable bonds is 5. The van der Waals surface area contributed by atoms with E-state index >= 15 is 0 Å². The van der Waals surface area contributed by atoms with Gasteiger partial charge < -0.3 is 14.3 Å². The van der Waals surface area contributed by atoms with E-state index in [-0.39, 0.29) is 11.4 Å². The summed E-state index contributed by atoms with van der Waals surface area (Å²) < 4.78 is 11.0. The highest BCUT2D eigenvalue weighted by Crippen LogP contribution is 2.46. The molecule has 0 radical (unpaired) electrons. The number of ether oxygens (including phenoxy) is 1. The number of carbonyl (C=O) groups is 2. The van der Waals surface area contributed by atoms with E-state index in [1.165, 1.54) is 12.0 Å². The van der Waals surface area contributed by atoms with Crippen molar-refractivity contribution in [2.45, 2.75) is 26.8 Å². The molecule has 2 heterocycles. The second-order valence-corrected chi connectivity index (χ2v) is 8.69. The maximum atomic E-state index is 13.3. The van der Waals surface area contributed by atoms with E-state index in [0.717, 1.165) is 5.56 Å². The summed E-state index contributed by atoms with van der Waals surface area (Å²) in [5.74, 6) is -0.226. The summed E-state index contributed by atoms with van der Waals surface area (Å²) in [6.07, 6.45) is 1.59. The van der Waals surface area contributed by atoms with Crippen molar-refractivity contribution in [2.24, 2.45) is 5.41 Å². The minimum absolute atomic E-state index is 0.0714. The predicted molar refractivity (Wildman–Crippen MR) is 121 cm³/mol. The molecule has 1 amide bonds. The van der Waals surface area contributed by atoms with Gasteiger partial charge in [-0.05, 0) is 42.5 Å². The second kappa shape index (κ2) is 8.04. The van der Waals surface area contributed by atoms with Crippen LogP contribution in [0.25, 0.3) is 11.3 Å². The summed E-state index contributed by atoms with van der Waals surface area (Å²) in [5.41, 5.74) is 1.30. The van der Waals surface area contributed by atoms with Gasteiger partial charge in [0.15, 0.2) is 11.5 Å². The van der Waals surface area contributed by atoms with E-state index in [0.29, 0.717) is 22.8 Å². The number of amides is 1. The molecular weight excluding hydrogens is 406 g/mol. The van der Waals surface area contributed by atoms with Crippen LogP contribution >= 0.6 is 0 Å². The number of aliphatic hydroxyl groups is 1. The van der Waals surface area contributed by atoms with Gasteiger partial charge in [-0.15, -0.1) is 0 Å². The fourth-order valence-corrected chi connectivity index (χ4v) is 3.92. The highest BCUT2D eigenvalue weighted by Gasteiger charge is 2.47. The number of benzene rings is 2. The summed E-state index contributed by atoms with van der Waals surface area (Å²) in [6.45, 7) is 5.29. The van der Waals surface area contributed by atoms with Crippen molar-refractivity contribution in [1.82, 2.24) is 0 Å². The van der Waals surface area contributed by atoms with Crippen LogP contribution in [0.4, 0.5) is 5.69 Å². The van der Waals surface area contributed by atoms with E-state index < -0.39 is 23.1 Å². The summed E-state index contributed by atoms with van der Waals surface area (Å²) in [4.78, 5) is 28.0. The van der Waals surface area contributed by atoms with Crippen molar-refractivity contribution < 1.29 is 23.8 Å². The maximum absolute atomic E-state index is 13.3. The highest BCUT2D eigenvalue weighted by atomic mass is 16.5. The van der Waals surface area contributed by atoms with Gasteiger partial charge in [0.25, 0.3) is 5.91 Å². The van der Waals surface area contributed by atoms with E-state index in [4.69, 9.17) is 9.15 Å². The zero-order chi connectivity index (χ0) is 23.0. The Morgan fingerprint density at radius 3 is 2.31 bits per heavy atom. The molecule has 1 unspecified atom stereocenters. The average molecular weight is 431 g/mol. The van der Waals surface area contributed by atoms with Gasteiger partial charge in [-0.3, -0.25) is 14.5 Å². The SMILES string of the molecule is COc1ccccc1C1C(C(=O)C(C)(C)C)=C(O)C(=O)N1c1ccc(-c2ccco2)cc1. The second-order valence-electron chi connectivity index (χ2n) is 8.69. The zero-order valence-electron chi connectivity index (χ0n) is 18.5. The normalized spacial score (nSPS) is 16.6. The maximum Gasteiger partial charge on any atom is 0.294 e. The number of methoxy groups -OCH3 is 1. The Kier molecular flexibility index (Phi) is 5.38. The minimum Gasteiger partial charge on any atom is -0.503 e. The van der Waals surface area contributed by atoms with Gasteiger partial charge >= 0.3 is 0 Å². The summed E-state index contributed by atoms with van der Waals surface area (Å²) >= 11 is 0. The Labute approximate surface area is 186 Å². The number of hydrogen-bond donors (Lipinski definition) is 1. The van der Waals surface area contributed by atoms with Crippen molar-refractivity contribution in [3.63, 3.8) is 0 Å². The van der Waals surface area contributed by atoms with Gasteiger partial charge in [0.1, 0.15) is 11.5 Å². The Balaban J connectivity index is 1.86. The van der Waals surface area contributed by atoms with Crippen LogP contribution in [0.5, 0.6) is 5.75 Å². The molecule has 3 aromatic rings. The quantitative estimate of drug-likeness (QED) is 0.579. The minimum atomic E-state index is -0.820. The van der Waals surface area contributed by atoms with Crippen molar-refractivity contribution in [1.29, 1.82) is 0 Å². The van der Waals surface area contributed by atoms with Crippen LogP contribution < -0.4 is 9.64 Å². The first-order valence-corrected chi connectivity index (χ1v) is 10.3. The van der Waals surface area contributed by atoms with Crippen LogP contribution in [0, 0.1) is 5.41 Å². The number of ketones is 1. The molecule has 0 spiro atoms. The zero-order valence-corrected chi connectivity index (χ0v) is 18.5. The predicted octanol–water partition coefficient (Wildman–Crippen LogP) is 5.47. The molecule has 164 valence electrons.